The van der Waals surface area contributed by atoms with Crippen LogP contribution < -0.4 is 0 Å². The Kier molecular flexibility index (Phi) is 3.67. The average Bonchev–Trinajstić information content (AvgIpc) is 3.11. The smallest absolute Gasteiger partial charge is 0.363 e. The van der Waals surface area contributed by atoms with Crippen molar-refractivity contribution in [1.82, 2.24) is 0 Å². The Morgan fingerprint density at radius 3 is 2.67 bits per heavy atom. The molecule has 118 valence electrons. The average molecular weight is 358 g/mol. The number of nitrogens with zero attached hydrogens (tertiary/aromatic N) is 1. The van der Waals surface area contributed by atoms with Crippen LogP contribution in [0.5, 0.6) is 0 Å². The molecule has 0 radical (unpaired) electrons. The number of rotatable bonds is 2. The van der Waals surface area contributed by atoms with E-state index < -0.39 is 11.8 Å². The molecule has 0 saturated heterocycles. The van der Waals surface area contributed by atoms with Gasteiger partial charge in [0.25, 0.3) is 0 Å². The van der Waals surface area contributed by atoms with Crippen LogP contribution in [0.1, 0.15) is 10.4 Å². The SMILES string of the molecule is O=C1OC(c2sc3ccccc3c2Cl)=NC1=Cc1ccccc1F. The van der Waals surface area contributed by atoms with Crippen LogP contribution in [0.4, 0.5) is 4.39 Å². The maximum Gasteiger partial charge on any atom is 0.363 e. The highest BCUT2D eigenvalue weighted by Crippen LogP contribution is 2.37. The van der Waals surface area contributed by atoms with Gasteiger partial charge < -0.3 is 4.74 Å². The van der Waals surface area contributed by atoms with Crippen molar-refractivity contribution in [2.75, 3.05) is 0 Å². The molecule has 0 fully saturated rings. The van der Waals surface area contributed by atoms with E-state index in [0.717, 1.165) is 10.1 Å². The van der Waals surface area contributed by atoms with E-state index in [9.17, 15) is 9.18 Å². The van der Waals surface area contributed by atoms with Gasteiger partial charge in [-0.2, -0.15) is 0 Å². The van der Waals surface area contributed by atoms with Crippen molar-refractivity contribution in [1.29, 1.82) is 0 Å². The van der Waals surface area contributed by atoms with Gasteiger partial charge in [0.15, 0.2) is 5.70 Å². The molecule has 3 nitrogen and oxygen atoms in total. The Morgan fingerprint density at radius 1 is 1.12 bits per heavy atom. The van der Waals surface area contributed by atoms with Crippen molar-refractivity contribution in [3.8, 4) is 0 Å². The molecule has 0 saturated carbocycles. The molecule has 4 rings (SSSR count). The summed E-state index contributed by atoms with van der Waals surface area (Å²) >= 11 is 7.77. The second-order valence-electron chi connectivity index (χ2n) is 5.10. The summed E-state index contributed by atoms with van der Waals surface area (Å²) in [5.74, 6) is -0.906. The molecule has 0 spiro atoms. The van der Waals surface area contributed by atoms with E-state index in [-0.39, 0.29) is 17.2 Å². The number of halogens is 2. The lowest BCUT2D eigenvalue weighted by atomic mass is 10.2. The summed E-state index contributed by atoms with van der Waals surface area (Å²) < 4.78 is 19.9. The summed E-state index contributed by atoms with van der Waals surface area (Å²) in [6.45, 7) is 0. The van der Waals surface area contributed by atoms with Gasteiger partial charge in [0.05, 0.1) is 5.02 Å². The molecule has 3 aromatic rings. The number of hydrogen-bond donors (Lipinski definition) is 0. The van der Waals surface area contributed by atoms with Crippen molar-refractivity contribution in [2.45, 2.75) is 0 Å². The summed E-state index contributed by atoms with van der Waals surface area (Å²) in [6.07, 6.45) is 1.37. The fraction of sp³-hybridized carbons (Fsp3) is 0. The number of aliphatic imine (C=N–C) groups is 1. The van der Waals surface area contributed by atoms with Gasteiger partial charge in [0, 0.05) is 15.6 Å². The molecule has 0 unspecified atom stereocenters. The predicted molar refractivity (Wildman–Crippen MR) is 93.8 cm³/mol. The molecule has 0 N–H and O–H groups in total. The maximum absolute atomic E-state index is 13.7. The molecule has 1 aliphatic rings. The third-order valence-electron chi connectivity index (χ3n) is 3.55. The number of carbonyl (C=O) groups excluding carboxylic acids is 1. The maximum atomic E-state index is 13.7. The van der Waals surface area contributed by atoms with Gasteiger partial charge in [-0.05, 0) is 18.2 Å². The Balaban J connectivity index is 1.78. The molecule has 0 atom stereocenters. The molecular formula is C18H9ClFNO2S. The molecule has 6 heteroatoms. The Labute approximate surface area is 145 Å². The van der Waals surface area contributed by atoms with Crippen molar-refractivity contribution < 1.29 is 13.9 Å². The zero-order valence-electron chi connectivity index (χ0n) is 12.1. The second kappa shape index (κ2) is 5.85. The van der Waals surface area contributed by atoms with Gasteiger partial charge in [-0.1, -0.05) is 48.0 Å². The van der Waals surface area contributed by atoms with E-state index in [2.05, 4.69) is 4.99 Å². The van der Waals surface area contributed by atoms with Crippen LogP contribution in [0, 0.1) is 5.82 Å². The lowest BCUT2D eigenvalue weighted by Gasteiger charge is -1.96. The molecule has 2 heterocycles. The number of hydrogen-bond acceptors (Lipinski definition) is 4. The van der Waals surface area contributed by atoms with Gasteiger partial charge in [-0.15, -0.1) is 11.3 Å². The third-order valence-corrected chi connectivity index (χ3v) is 5.21. The number of esters is 1. The first-order chi connectivity index (χ1) is 11.6. The molecule has 1 aliphatic heterocycles. The summed E-state index contributed by atoms with van der Waals surface area (Å²) in [4.78, 5) is 16.8. The molecule has 0 aliphatic carbocycles. The molecule has 0 amide bonds. The van der Waals surface area contributed by atoms with E-state index in [4.69, 9.17) is 16.3 Å². The van der Waals surface area contributed by atoms with Gasteiger partial charge in [0.2, 0.25) is 5.90 Å². The van der Waals surface area contributed by atoms with Crippen LogP contribution in [0.25, 0.3) is 16.2 Å². The van der Waals surface area contributed by atoms with Gasteiger partial charge in [-0.25, -0.2) is 14.2 Å². The number of fused-ring (bicyclic) bond motifs is 1. The van der Waals surface area contributed by atoms with Crippen LogP contribution in [0.2, 0.25) is 5.02 Å². The number of thiophene rings is 1. The van der Waals surface area contributed by atoms with Gasteiger partial charge in [-0.3, -0.25) is 0 Å². The van der Waals surface area contributed by atoms with Crippen LogP contribution in [0.15, 0.2) is 59.2 Å². The highest BCUT2D eigenvalue weighted by atomic mass is 35.5. The van der Waals surface area contributed by atoms with E-state index in [1.165, 1.54) is 23.5 Å². The van der Waals surface area contributed by atoms with Crippen molar-refractivity contribution in [3.63, 3.8) is 0 Å². The zero-order valence-corrected chi connectivity index (χ0v) is 13.7. The predicted octanol–water partition coefficient (Wildman–Crippen LogP) is 5.04. The molecular weight excluding hydrogens is 349 g/mol. The van der Waals surface area contributed by atoms with Gasteiger partial charge >= 0.3 is 5.97 Å². The fourth-order valence-corrected chi connectivity index (χ4v) is 3.84. The Hall–Kier alpha value is -2.50. The first-order valence-corrected chi connectivity index (χ1v) is 8.27. The summed E-state index contributed by atoms with van der Waals surface area (Å²) in [6, 6.07) is 13.8. The Bertz CT molecular complexity index is 1040. The monoisotopic (exact) mass is 357 g/mol. The fourth-order valence-electron chi connectivity index (χ4n) is 2.40. The minimum absolute atomic E-state index is 0.0450. The Morgan fingerprint density at radius 2 is 1.88 bits per heavy atom. The first kappa shape index (κ1) is 15.1. The second-order valence-corrected chi connectivity index (χ2v) is 6.53. The topological polar surface area (TPSA) is 38.7 Å². The quantitative estimate of drug-likeness (QED) is 0.476. The highest BCUT2D eigenvalue weighted by Gasteiger charge is 2.28. The van der Waals surface area contributed by atoms with E-state index >= 15 is 0 Å². The van der Waals surface area contributed by atoms with E-state index in [1.54, 1.807) is 18.2 Å². The summed E-state index contributed by atoms with van der Waals surface area (Å²) in [7, 11) is 0. The van der Waals surface area contributed by atoms with Gasteiger partial charge in [0.1, 0.15) is 10.7 Å². The number of cyclic esters (lactones) is 1. The normalized spacial score (nSPS) is 15.8. The van der Waals surface area contributed by atoms with Crippen molar-refractivity contribution in [2.24, 2.45) is 4.99 Å². The third kappa shape index (κ3) is 2.52. The lowest BCUT2D eigenvalue weighted by Crippen LogP contribution is -2.04. The molecule has 0 bridgehead atoms. The first-order valence-electron chi connectivity index (χ1n) is 7.08. The van der Waals surface area contributed by atoms with Crippen molar-refractivity contribution >= 4 is 51.0 Å². The van der Waals surface area contributed by atoms with E-state index in [0.29, 0.717) is 9.90 Å². The number of benzene rings is 2. The molecule has 1 aromatic heterocycles. The summed E-state index contributed by atoms with van der Waals surface area (Å²) in [5, 5.41) is 1.37. The zero-order chi connectivity index (χ0) is 16.7. The molecule has 24 heavy (non-hydrogen) atoms. The number of carbonyl (C=O) groups is 1. The van der Waals surface area contributed by atoms with Crippen LogP contribution in [-0.4, -0.2) is 11.9 Å². The largest absolute Gasteiger partial charge is 0.401 e. The minimum atomic E-state index is -0.623. The molecule has 2 aromatic carbocycles. The highest BCUT2D eigenvalue weighted by molar-refractivity contribution is 7.21. The van der Waals surface area contributed by atoms with E-state index in [1.807, 2.05) is 24.3 Å². The standard InChI is InChI=1S/C18H9ClFNO2S/c19-15-11-6-2-4-8-14(11)24-16(15)17-21-13(18(22)23-17)9-10-5-1-3-7-12(10)20/h1-9H. The van der Waals surface area contributed by atoms with Crippen LogP contribution in [0.3, 0.4) is 0 Å². The number of ether oxygens (including phenoxy) is 1. The lowest BCUT2D eigenvalue weighted by molar-refractivity contribution is -0.129. The van der Waals surface area contributed by atoms with Crippen LogP contribution >= 0.6 is 22.9 Å². The minimum Gasteiger partial charge on any atom is -0.401 e. The summed E-state index contributed by atoms with van der Waals surface area (Å²) in [5.41, 5.74) is 0.320. The van der Waals surface area contributed by atoms with Crippen molar-refractivity contribution in [3.05, 3.63) is 75.5 Å². The van der Waals surface area contributed by atoms with Crippen LogP contribution in [-0.2, 0) is 9.53 Å².